The summed E-state index contributed by atoms with van der Waals surface area (Å²) in [4.78, 5) is 11.3. The summed E-state index contributed by atoms with van der Waals surface area (Å²) >= 11 is 0. The number of pyridine rings is 1. The van der Waals surface area contributed by atoms with Crippen LogP contribution in [0.15, 0.2) is 23.3 Å². The van der Waals surface area contributed by atoms with Gasteiger partial charge >= 0.3 is 0 Å². The van der Waals surface area contributed by atoms with Crippen LogP contribution in [0.5, 0.6) is 5.88 Å². The second-order valence-corrected chi connectivity index (χ2v) is 7.80. The van der Waals surface area contributed by atoms with Crippen LogP contribution in [-0.4, -0.2) is 68.5 Å². The molecule has 1 aliphatic heterocycles. The van der Waals surface area contributed by atoms with E-state index < -0.39 is 0 Å². The molecule has 29 heavy (non-hydrogen) atoms. The van der Waals surface area contributed by atoms with Gasteiger partial charge in [0.05, 0.1) is 6.10 Å². The average Bonchev–Trinajstić information content (AvgIpc) is 3.27. The first-order valence-electron chi connectivity index (χ1n) is 11.0. The highest BCUT2D eigenvalue weighted by Gasteiger charge is 2.22. The lowest BCUT2D eigenvalue weighted by molar-refractivity contribution is 0.00989. The van der Waals surface area contributed by atoms with E-state index in [0.717, 1.165) is 75.8 Å². The van der Waals surface area contributed by atoms with Gasteiger partial charge in [-0.1, -0.05) is 6.07 Å². The van der Waals surface area contributed by atoms with Crippen LogP contribution in [0, 0.1) is 0 Å². The number of hydrogen-bond donors (Lipinski definition) is 1. The van der Waals surface area contributed by atoms with Crippen molar-refractivity contribution in [3.63, 3.8) is 0 Å². The first-order valence-corrected chi connectivity index (χ1v) is 11.0. The summed E-state index contributed by atoms with van der Waals surface area (Å²) in [6, 6.07) is 4.05. The molecule has 0 radical (unpaired) electrons. The van der Waals surface area contributed by atoms with E-state index in [1.54, 1.807) is 13.3 Å². The van der Waals surface area contributed by atoms with Gasteiger partial charge in [0.1, 0.15) is 6.10 Å². The van der Waals surface area contributed by atoms with Gasteiger partial charge in [0.25, 0.3) is 0 Å². The highest BCUT2D eigenvalue weighted by atomic mass is 16.5. The summed E-state index contributed by atoms with van der Waals surface area (Å²) in [6.07, 6.45) is 10.2. The fraction of sp³-hybridized carbons (Fsp3) is 0.727. The molecule has 1 aliphatic carbocycles. The van der Waals surface area contributed by atoms with Crippen LogP contribution in [0.3, 0.4) is 0 Å². The molecule has 7 nitrogen and oxygen atoms in total. The summed E-state index contributed by atoms with van der Waals surface area (Å²) in [5, 5.41) is 3.49. The fourth-order valence-electron chi connectivity index (χ4n) is 4.02. The first-order chi connectivity index (χ1) is 14.3. The van der Waals surface area contributed by atoms with Crippen molar-refractivity contribution in [2.45, 2.75) is 63.7 Å². The molecular formula is C22H36N4O3. The zero-order chi connectivity index (χ0) is 20.3. The molecule has 162 valence electrons. The van der Waals surface area contributed by atoms with E-state index in [1.807, 2.05) is 13.1 Å². The van der Waals surface area contributed by atoms with Gasteiger partial charge in [0.2, 0.25) is 5.88 Å². The Labute approximate surface area is 174 Å². The van der Waals surface area contributed by atoms with Gasteiger partial charge in [0, 0.05) is 58.8 Å². The number of hydrogen-bond acceptors (Lipinski definition) is 5. The fourth-order valence-corrected chi connectivity index (χ4v) is 4.02. The van der Waals surface area contributed by atoms with E-state index in [9.17, 15) is 0 Å². The summed E-state index contributed by atoms with van der Waals surface area (Å²) in [5.74, 6) is 1.68. The van der Waals surface area contributed by atoms with Gasteiger partial charge < -0.3 is 24.4 Å². The van der Waals surface area contributed by atoms with Gasteiger partial charge in [0.15, 0.2) is 5.96 Å². The number of nitrogens with one attached hydrogen (secondary N) is 1. The van der Waals surface area contributed by atoms with Gasteiger partial charge in [-0.3, -0.25) is 4.99 Å². The Morgan fingerprint density at radius 1 is 1.17 bits per heavy atom. The van der Waals surface area contributed by atoms with E-state index in [2.05, 4.69) is 26.3 Å². The van der Waals surface area contributed by atoms with E-state index in [4.69, 9.17) is 14.2 Å². The molecule has 0 atom stereocenters. The van der Waals surface area contributed by atoms with Gasteiger partial charge in [-0.25, -0.2) is 4.98 Å². The van der Waals surface area contributed by atoms with Crippen LogP contribution < -0.4 is 10.1 Å². The maximum atomic E-state index is 6.16. The summed E-state index contributed by atoms with van der Waals surface area (Å²) in [5.41, 5.74) is 1.08. The number of nitrogens with zero attached hydrogens (tertiary/aromatic N) is 3. The van der Waals surface area contributed by atoms with Crippen molar-refractivity contribution >= 4 is 5.96 Å². The summed E-state index contributed by atoms with van der Waals surface area (Å²) < 4.78 is 17.2. The quantitative estimate of drug-likeness (QED) is 0.388. The molecule has 0 bridgehead atoms. The van der Waals surface area contributed by atoms with E-state index in [1.165, 1.54) is 12.8 Å². The normalized spacial score (nSPS) is 19.0. The summed E-state index contributed by atoms with van der Waals surface area (Å²) in [7, 11) is 3.57. The zero-order valence-electron chi connectivity index (χ0n) is 17.9. The Balaban J connectivity index is 1.45. The van der Waals surface area contributed by atoms with Gasteiger partial charge in [-0.15, -0.1) is 0 Å². The molecule has 1 aromatic rings. The largest absolute Gasteiger partial charge is 0.474 e. The number of likely N-dealkylation sites (tertiary alicyclic amines) is 1. The zero-order valence-corrected chi connectivity index (χ0v) is 17.9. The molecule has 2 heterocycles. The van der Waals surface area contributed by atoms with Crippen molar-refractivity contribution < 1.29 is 14.2 Å². The molecule has 0 unspecified atom stereocenters. The van der Waals surface area contributed by atoms with E-state index in [-0.39, 0.29) is 0 Å². The molecule has 0 spiro atoms. The second kappa shape index (κ2) is 12.0. The van der Waals surface area contributed by atoms with Crippen LogP contribution in [-0.2, 0) is 16.0 Å². The lowest BCUT2D eigenvalue weighted by Gasteiger charge is -2.34. The van der Waals surface area contributed by atoms with Crippen molar-refractivity contribution in [2.75, 3.05) is 40.5 Å². The first kappa shape index (κ1) is 21.8. The number of methoxy groups -OCH3 is 1. The Hall–Kier alpha value is -1.86. The topological polar surface area (TPSA) is 68.2 Å². The van der Waals surface area contributed by atoms with Crippen molar-refractivity contribution in [1.82, 2.24) is 15.2 Å². The lowest BCUT2D eigenvalue weighted by Crippen LogP contribution is -2.46. The van der Waals surface area contributed by atoms with Crippen LogP contribution in [0.25, 0.3) is 0 Å². The van der Waals surface area contributed by atoms with Crippen LogP contribution in [0.2, 0.25) is 0 Å². The molecule has 0 aromatic carbocycles. The monoisotopic (exact) mass is 404 g/mol. The second-order valence-electron chi connectivity index (χ2n) is 7.80. The lowest BCUT2D eigenvalue weighted by atomic mass is 10.1. The van der Waals surface area contributed by atoms with Gasteiger partial charge in [-0.2, -0.15) is 0 Å². The van der Waals surface area contributed by atoms with Crippen molar-refractivity contribution in [3.8, 4) is 5.88 Å². The molecule has 0 amide bonds. The molecule has 3 rings (SSSR count). The predicted octanol–water partition coefficient (Wildman–Crippen LogP) is 3.00. The third kappa shape index (κ3) is 6.85. The SMILES string of the molecule is CN=C(NCc1cccnc1OC1CCCC1)N1CCC(OCCCOC)CC1. The Morgan fingerprint density at radius 3 is 2.69 bits per heavy atom. The smallest absolute Gasteiger partial charge is 0.218 e. The number of aliphatic imine (C=N–C) groups is 1. The molecule has 1 N–H and O–H groups in total. The molecule has 2 fully saturated rings. The maximum Gasteiger partial charge on any atom is 0.218 e. The molecule has 1 saturated heterocycles. The number of ether oxygens (including phenoxy) is 3. The molecule has 1 saturated carbocycles. The van der Waals surface area contributed by atoms with Crippen molar-refractivity contribution in [3.05, 3.63) is 23.9 Å². The number of guanidine groups is 1. The minimum atomic E-state index is 0.311. The molecule has 2 aliphatic rings. The summed E-state index contributed by atoms with van der Waals surface area (Å²) in [6.45, 7) is 4.10. The Kier molecular flexibility index (Phi) is 9.02. The minimum Gasteiger partial charge on any atom is -0.474 e. The standard InChI is InChI=1S/C22H36N4O3/c1-23-22(26-13-10-19(11-14-26)28-16-6-15-27-2)25-17-18-7-5-12-24-21(18)29-20-8-3-4-9-20/h5,7,12,19-20H,3-4,6,8-11,13-17H2,1-2H3,(H,23,25). The van der Waals surface area contributed by atoms with Gasteiger partial charge in [-0.05, 0) is 51.0 Å². The third-order valence-corrected chi connectivity index (χ3v) is 5.67. The highest BCUT2D eigenvalue weighted by molar-refractivity contribution is 5.80. The Bertz CT molecular complexity index is 626. The number of piperidine rings is 1. The third-order valence-electron chi connectivity index (χ3n) is 5.67. The maximum absolute atomic E-state index is 6.16. The van der Waals surface area contributed by atoms with E-state index in [0.29, 0.717) is 18.8 Å². The average molecular weight is 405 g/mol. The van der Waals surface area contributed by atoms with Crippen molar-refractivity contribution in [1.29, 1.82) is 0 Å². The molecule has 7 heteroatoms. The highest BCUT2D eigenvalue weighted by Crippen LogP contribution is 2.25. The Morgan fingerprint density at radius 2 is 1.97 bits per heavy atom. The van der Waals surface area contributed by atoms with Crippen molar-refractivity contribution in [2.24, 2.45) is 4.99 Å². The number of aromatic nitrogens is 1. The predicted molar refractivity (Wildman–Crippen MR) is 114 cm³/mol. The van der Waals surface area contributed by atoms with Crippen LogP contribution in [0.1, 0.15) is 50.5 Å². The van der Waals surface area contributed by atoms with Crippen LogP contribution >= 0.6 is 0 Å². The number of rotatable bonds is 9. The molecular weight excluding hydrogens is 368 g/mol. The van der Waals surface area contributed by atoms with Crippen LogP contribution in [0.4, 0.5) is 0 Å². The molecule has 1 aromatic heterocycles. The minimum absolute atomic E-state index is 0.311. The van der Waals surface area contributed by atoms with E-state index >= 15 is 0 Å².